The van der Waals surface area contributed by atoms with Gasteiger partial charge in [-0.05, 0) is 29.6 Å². The highest BCUT2D eigenvalue weighted by atomic mass is 32.2. The van der Waals surface area contributed by atoms with E-state index in [0.29, 0.717) is 23.6 Å². The molecule has 0 atom stereocenters. The molecule has 0 unspecified atom stereocenters. The Bertz CT molecular complexity index is 894. The van der Waals surface area contributed by atoms with Gasteiger partial charge in [-0.15, -0.1) is 23.1 Å². The second kappa shape index (κ2) is 9.48. The van der Waals surface area contributed by atoms with Gasteiger partial charge in [0.15, 0.2) is 11.5 Å². The van der Waals surface area contributed by atoms with Crippen molar-refractivity contribution in [2.24, 2.45) is 0 Å². The summed E-state index contributed by atoms with van der Waals surface area (Å²) < 4.78 is 10.7. The Morgan fingerprint density at radius 2 is 1.89 bits per heavy atom. The lowest BCUT2D eigenvalue weighted by molar-refractivity contribution is 0.0947. The second-order valence-corrected chi connectivity index (χ2v) is 7.75. The zero-order valence-electron chi connectivity index (χ0n) is 15.2. The van der Waals surface area contributed by atoms with Crippen molar-refractivity contribution in [2.45, 2.75) is 17.2 Å². The minimum absolute atomic E-state index is 0.103. The highest BCUT2D eigenvalue weighted by Crippen LogP contribution is 2.31. The number of hydrogen-bond acceptors (Lipinski definition) is 5. The van der Waals surface area contributed by atoms with Crippen molar-refractivity contribution in [1.29, 1.82) is 0 Å². The molecule has 2 aromatic carbocycles. The number of carbonyl (C=O) groups excluding carboxylic acids is 1. The fraction of sp³-hybridized carbons (Fsp3) is 0.190. The summed E-state index contributed by atoms with van der Waals surface area (Å²) in [5, 5.41) is 5.06. The van der Waals surface area contributed by atoms with Gasteiger partial charge in [0.2, 0.25) is 0 Å². The van der Waals surface area contributed by atoms with Crippen LogP contribution >= 0.6 is 23.1 Å². The third-order valence-corrected chi connectivity index (χ3v) is 6.19. The standard InChI is InChI=1S/C21H21NO3S2/c1-24-18-10-5-7-15(20(18)25-2)13-22-21(23)17-9-3-4-11-19(17)27-14-16-8-6-12-26-16/h3-12H,13-14H2,1-2H3,(H,22,23). The van der Waals surface area contributed by atoms with Crippen LogP contribution in [0.5, 0.6) is 11.5 Å². The highest BCUT2D eigenvalue weighted by Gasteiger charge is 2.14. The van der Waals surface area contributed by atoms with E-state index in [0.717, 1.165) is 16.2 Å². The van der Waals surface area contributed by atoms with Crippen LogP contribution in [0.2, 0.25) is 0 Å². The number of rotatable bonds is 8. The zero-order valence-corrected chi connectivity index (χ0v) is 16.9. The molecule has 0 aliphatic rings. The molecule has 1 N–H and O–H groups in total. The van der Waals surface area contributed by atoms with Gasteiger partial charge in [0, 0.05) is 27.6 Å². The summed E-state index contributed by atoms with van der Waals surface area (Å²) in [5.41, 5.74) is 1.55. The lowest BCUT2D eigenvalue weighted by atomic mass is 10.1. The number of nitrogens with one attached hydrogen (secondary N) is 1. The minimum atomic E-state index is -0.103. The number of thioether (sulfide) groups is 1. The minimum Gasteiger partial charge on any atom is -0.493 e. The van der Waals surface area contributed by atoms with Crippen molar-refractivity contribution in [1.82, 2.24) is 5.32 Å². The smallest absolute Gasteiger partial charge is 0.252 e. The molecule has 0 radical (unpaired) electrons. The van der Waals surface area contributed by atoms with Crippen LogP contribution in [0.1, 0.15) is 20.8 Å². The topological polar surface area (TPSA) is 47.6 Å². The lowest BCUT2D eigenvalue weighted by Gasteiger charge is -2.14. The first kappa shape index (κ1) is 19.3. The van der Waals surface area contributed by atoms with Crippen molar-refractivity contribution in [2.75, 3.05) is 14.2 Å². The summed E-state index contributed by atoms with van der Waals surface area (Å²) in [6.07, 6.45) is 0. The molecule has 3 aromatic rings. The van der Waals surface area contributed by atoms with E-state index in [9.17, 15) is 4.79 Å². The Kier molecular flexibility index (Phi) is 6.79. The number of ether oxygens (including phenoxy) is 2. The number of thiophene rings is 1. The van der Waals surface area contributed by atoms with Crippen LogP contribution in [0.3, 0.4) is 0 Å². The van der Waals surface area contributed by atoms with Crippen LogP contribution in [-0.2, 0) is 12.3 Å². The van der Waals surface area contributed by atoms with Gasteiger partial charge in [0.25, 0.3) is 5.91 Å². The fourth-order valence-electron chi connectivity index (χ4n) is 2.69. The summed E-state index contributed by atoms with van der Waals surface area (Å²) in [6.45, 7) is 0.364. The molecule has 4 nitrogen and oxygen atoms in total. The third kappa shape index (κ3) is 4.84. The molecular weight excluding hydrogens is 378 g/mol. The molecule has 3 rings (SSSR count). The number of para-hydroxylation sites is 1. The molecule has 0 saturated heterocycles. The number of amides is 1. The SMILES string of the molecule is COc1cccc(CNC(=O)c2ccccc2SCc2cccs2)c1OC. The first-order chi connectivity index (χ1) is 13.2. The van der Waals surface area contributed by atoms with E-state index in [2.05, 4.69) is 16.8 Å². The zero-order chi connectivity index (χ0) is 19.1. The Balaban J connectivity index is 1.70. The Labute approximate surface area is 167 Å². The van der Waals surface area contributed by atoms with Crippen LogP contribution in [0.15, 0.2) is 64.9 Å². The predicted octanol–water partition coefficient (Wildman–Crippen LogP) is 4.99. The summed E-state index contributed by atoms with van der Waals surface area (Å²) in [7, 11) is 3.20. The summed E-state index contributed by atoms with van der Waals surface area (Å²) in [4.78, 5) is 15.0. The molecule has 27 heavy (non-hydrogen) atoms. The van der Waals surface area contributed by atoms with Crippen LogP contribution in [-0.4, -0.2) is 20.1 Å². The Morgan fingerprint density at radius 1 is 1.04 bits per heavy atom. The Morgan fingerprint density at radius 3 is 2.63 bits per heavy atom. The lowest BCUT2D eigenvalue weighted by Crippen LogP contribution is -2.23. The molecule has 0 bridgehead atoms. The predicted molar refractivity (Wildman–Crippen MR) is 111 cm³/mol. The van der Waals surface area contributed by atoms with Crippen LogP contribution in [0.25, 0.3) is 0 Å². The second-order valence-electron chi connectivity index (χ2n) is 5.70. The number of hydrogen-bond donors (Lipinski definition) is 1. The van der Waals surface area contributed by atoms with Crippen molar-refractivity contribution in [3.05, 3.63) is 76.0 Å². The molecule has 0 aliphatic heterocycles. The van der Waals surface area contributed by atoms with Gasteiger partial charge in [-0.2, -0.15) is 0 Å². The molecule has 1 amide bonds. The van der Waals surface area contributed by atoms with Gasteiger partial charge in [0.1, 0.15) is 0 Å². The van der Waals surface area contributed by atoms with E-state index < -0.39 is 0 Å². The number of methoxy groups -OCH3 is 2. The molecule has 140 valence electrons. The van der Waals surface area contributed by atoms with Gasteiger partial charge < -0.3 is 14.8 Å². The maximum Gasteiger partial charge on any atom is 0.252 e. The molecule has 0 aliphatic carbocycles. The first-order valence-corrected chi connectivity index (χ1v) is 10.3. The Hall–Kier alpha value is -2.44. The van der Waals surface area contributed by atoms with E-state index in [-0.39, 0.29) is 5.91 Å². The maximum absolute atomic E-state index is 12.8. The average molecular weight is 400 g/mol. The summed E-state index contributed by atoms with van der Waals surface area (Å²) in [5.74, 6) is 2.04. The quantitative estimate of drug-likeness (QED) is 0.542. The third-order valence-electron chi connectivity index (χ3n) is 4.01. The fourth-order valence-corrected chi connectivity index (χ4v) is 4.51. The largest absolute Gasteiger partial charge is 0.493 e. The molecule has 1 heterocycles. The molecule has 0 fully saturated rings. The van der Waals surface area contributed by atoms with Gasteiger partial charge >= 0.3 is 0 Å². The highest BCUT2D eigenvalue weighted by molar-refractivity contribution is 7.98. The van der Waals surface area contributed by atoms with Gasteiger partial charge in [-0.3, -0.25) is 4.79 Å². The normalized spacial score (nSPS) is 10.4. The van der Waals surface area contributed by atoms with Crippen LogP contribution < -0.4 is 14.8 Å². The number of benzene rings is 2. The first-order valence-electron chi connectivity index (χ1n) is 8.45. The maximum atomic E-state index is 12.8. The van der Waals surface area contributed by atoms with Crippen molar-refractivity contribution < 1.29 is 14.3 Å². The van der Waals surface area contributed by atoms with Crippen molar-refractivity contribution >= 4 is 29.0 Å². The average Bonchev–Trinajstić information content (AvgIpc) is 3.23. The molecule has 6 heteroatoms. The molecule has 1 aromatic heterocycles. The molecule has 0 saturated carbocycles. The molecular formula is C21H21NO3S2. The van der Waals surface area contributed by atoms with Gasteiger partial charge in [0.05, 0.1) is 19.8 Å². The van der Waals surface area contributed by atoms with E-state index in [1.165, 1.54) is 4.88 Å². The van der Waals surface area contributed by atoms with Crippen molar-refractivity contribution in [3.8, 4) is 11.5 Å². The van der Waals surface area contributed by atoms with Gasteiger partial charge in [-0.25, -0.2) is 0 Å². The van der Waals surface area contributed by atoms with Gasteiger partial charge in [-0.1, -0.05) is 30.3 Å². The summed E-state index contributed by atoms with van der Waals surface area (Å²) in [6, 6.07) is 17.5. The number of carbonyl (C=O) groups is 1. The van der Waals surface area contributed by atoms with Crippen LogP contribution in [0.4, 0.5) is 0 Å². The van der Waals surface area contributed by atoms with E-state index in [4.69, 9.17) is 9.47 Å². The van der Waals surface area contributed by atoms with Crippen LogP contribution in [0, 0.1) is 0 Å². The van der Waals surface area contributed by atoms with E-state index in [1.54, 1.807) is 37.3 Å². The monoisotopic (exact) mass is 399 g/mol. The van der Waals surface area contributed by atoms with E-state index in [1.807, 2.05) is 48.5 Å². The molecule has 0 spiro atoms. The summed E-state index contributed by atoms with van der Waals surface area (Å²) >= 11 is 3.40. The van der Waals surface area contributed by atoms with Crippen molar-refractivity contribution in [3.63, 3.8) is 0 Å². The van der Waals surface area contributed by atoms with E-state index >= 15 is 0 Å².